The van der Waals surface area contributed by atoms with Crippen molar-refractivity contribution in [2.24, 2.45) is 0 Å². The number of nitrogens with zero attached hydrogens (tertiary/aromatic N) is 1. The van der Waals surface area contributed by atoms with Crippen molar-refractivity contribution in [1.29, 1.82) is 0 Å². The lowest BCUT2D eigenvalue weighted by Gasteiger charge is -2.22. The predicted molar refractivity (Wildman–Crippen MR) is 62.5 cm³/mol. The van der Waals surface area contributed by atoms with Crippen LogP contribution in [0, 0.1) is 10.1 Å². The van der Waals surface area contributed by atoms with Crippen LogP contribution < -0.4 is 5.32 Å². The third-order valence-corrected chi connectivity index (χ3v) is 2.52. The zero-order valence-electron chi connectivity index (χ0n) is 9.43. The van der Waals surface area contributed by atoms with Gasteiger partial charge in [-0.25, -0.2) is 0 Å². The highest BCUT2D eigenvalue weighted by Crippen LogP contribution is 2.24. The quantitative estimate of drug-likeness (QED) is 0.593. The van der Waals surface area contributed by atoms with Crippen molar-refractivity contribution in [3.63, 3.8) is 0 Å². The molecule has 2 N–H and O–H groups in total. The molecule has 0 bridgehead atoms. The molecular weight excluding hydrogens is 208 g/mol. The molecule has 0 heterocycles. The Balaban J connectivity index is 2.78. The predicted octanol–water partition coefficient (Wildman–Crippen LogP) is 2.17. The fourth-order valence-corrected chi connectivity index (χ4v) is 1.19. The zero-order valence-corrected chi connectivity index (χ0v) is 9.43. The fourth-order valence-electron chi connectivity index (χ4n) is 1.19. The van der Waals surface area contributed by atoms with E-state index in [1.165, 1.54) is 6.07 Å². The van der Waals surface area contributed by atoms with Crippen LogP contribution in [0.2, 0.25) is 0 Å². The first-order valence-corrected chi connectivity index (χ1v) is 5.16. The maximum atomic E-state index is 10.7. The molecule has 0 aliphatic rings. The zero-order chi connectivity index (χ0) is 12.2. The van der Waals surface area contributed by atoms with Crippen LogP contribution in [0.3, 0.4) is 0 Å². The van der Waals surface area contributed by atoms with Crippen LogP contribution in [0.4, 0.5) is 11.4 Å². The molecule has 0 radical (unpaired) electrons. The molecule has 0 fully saturated rings. The molecule has 0 aliphatic heterocycles. The van der Waals surface area contributed by atoms with Gasteiger partial charge in [-0.15, -0.1) is 0 Å². The molecule has 0 aromatic heterocycles. The lowest BCUT2D eigenvalue weighted by atomic mass is 10.0. The van der Waals surface area contributed by atoms with Gasteiger partial charge >= 0.3 is 0 Å². The maximum absolute atomic E-state index is 10.7. The number of hydrogen-bond acceptors (Lipinski definition) is 4. The van der Waals surface area contributed by atoms with Crippen molar-refractivity contribution >= 4 is 11.4 Å². The highest BCUT2D eigenvalue weighted by molar-refractivity contribution is 5.61. The molecule has 0 amide bonds. The Bertz CT molecular complexity index is 377. The standard InChI is InChI=1S/C11H16N2O3/c1-3-11(2,14)8-12-9-6-4-5-7-10(9)13(15)16/h4-7,12,14H,3,8H2,1-2H3. The molecule has 1 unspecified atom stereocenters. The topological polar surface area (TPSA) is 75.4 Å². The minimum absolute atomic E-state index is 0.0226. The van der Waals surface area contributed by atoms with E-state index in [4.69, 9.17) is 0 Å². The first-order valence-electron chi connectivity index (χ1n) is 5.16. The second-order valence-electron chi connectivity index (χ2n) is 3.98. The van der Waals surface area contributed by atoms with Crippen LogP contribution in [0.1, 0.15) is 20.3 Å². The van der Waals surface area contributed by atoms with Gasteiger partial charge in [0.25, 0.3) is 5.69 Å². The minimum atomic E-state index is -0.857. The van der Waals surface area contributed by atoms with Crippen LogP contribution >= 0.6 is 0 Å². The Morgan fingerprint density at radius 2 is 2.12 bits per heavy atom. The second kappa shape index (κ2) is 4.94. The smallest absolute Gasteiger partial charge is 0.292 e. The third-order valence-electron chi connectivity index (χ3n) is 2.52. The second-order valence-corrected chi connectivity index (χ2v) is 3.98. The summed E-state index contributed by atoms with van der Waals surface area (Å²) in [5, 5.41) is 23.4. The lowest BCUT2D eigenvalue weighted by molar-refractivity contribution is -0.384. The van der Waals surface area contributed by atoms with E-state index < -0.39 is 10.5 Å². The first kappa shape index (κ1) is 12.4. The van der Waals surface area contributed by atoms with Crippen molar-refractivity contribution in [1.82, 2.24) is 0 Å². The van der Waals surface area contributed by atoms with Crippen LogP contribution in [0.25, 0.3) is 0 Å². The number of benzene rings is 1. The van der Waals surface area contributed by atoms with Crippen LogP contribution in [0.15, 0.2) is 24.3 Å². The number of hydrogen-bond donors (Lipinski definition) is 2. The summed E-state index contributed by atoms with van der Waals surface area (Å²) in [6.07, 6.45) is 0.584. The Labute approximate surface area is 94.3 Å². The molecule has 0 saturated heterocycles. The number of rotatable bonds is 5. The Hall–Kier alpha value is -1.62. The minimum Gasteiger partial charge on any atom is -0.388 e. The van der Waals surface area contributed by atoms with Crippen molar-refractivity contribution in [2.45, 2.75) is 25.9 Å². The fraction of sp³-hybridized carbons (Fsp3) is 0.455. The van der Waals surface area contributed by atoms with Gasteiger partial charge in [-0.05, 0) is 19.4 Å². The van der Waals surface area contributed by atoms with E-state index in [0.717, 1.165) is 0 Å². The van der Waals surface area contributed by atoms with Crippen molar-refractivity contribution in [3.8, 4) is 0 Å². The maximum Gasteiger partial charge on any atom is 0.292 e. The molecule has 1 rings (SSSR count). The van der Waals surface area contributed by atoms with Gasteiger partial charge in [0.2, 0.25) is 0 Å². The summed E-state index contributed by atoms with van der Waals surface area (Å²) < 4.78 is 0. The summed E-state index contributed by atoms with van der Waals surface area (Å²) in [5.41, 5.74) is -0.403. The van der Waals surface area contributed by atoms with Gasteiger partial charge in [-0.1, -0.05) is 19.1 Å². The van der Waals surface area contributed by atoms with Crippen molar-refractivity contribution in [2.75, 3.05) is 11.9 Å². The molecule has 88 valence electrons. The van der Waals surface area contributed by atoms with Gasteiger partial charge in [0.05, 0.1) is 10.5 Å². The Morgan fingerprint density at radius 1 is 1.50 bits per heavy atom. The molecule has 1 aromatic carbocycles. The van der Waals surface area contributed by atoms with Crippen LogP contribution in [-0.4, -0.2) is 22.2 Å². The van der Waals surface area contributed by atoms with E-state index in [1.54, 1.807) is 25.1 Å². The van der Waals surface area contributed by atoms with Gasteiger partial charge < -0.3 is 10.4 Å². The monoisotopic (exact) mass is 224 g/mol. The summed E-state index contributed by atoms with van der Waals surface area (Å²) in [7, 11) is 0. The summed E-state index contributed by atoms with van der Waals surface area (Å²) in [5.74, 6) is 0. The average Bonchev–Trinajstić information content (AvgIpc) is 2.27. The van der Waals surface area contributed by atoms with E-state index >= 15 is 0 Å². The molecule has 0 spiro atoms. The number of anilines is 1. The van der Waals surface area contributed by atoms with E-state index in [1.807, 2.05) is 6.92 Å². The largest absolute Gasteiger partial charge is 0.388 e. The van der Waals surface area contributed by atoms with E-state index in [-0.39, 0.29) is 12.2 Å². The summed E-state index contributed by atoms with van der Waals surface area (Å²) in [6, 6.07) is 6.39. The Kier molecular flexibility index (Phi) is 3.84. The highest BCUT2D eigenvalue weighted by atomic mass is 16.6. The van der Waals surface area contributed by atoms with E-state index in [9.17, 15) is 15.2 Å². The number of nitro benzene ring substituents is 1. The summed E-state index contributed by atoms with van der Waals surface area (Å²) in [4.78, 5) is 10.3. The Morgan fingerprint density at radius 3 is 2.69 bits per heavy atom. The normalized spacial score (nSPS) is 14.2. The van der Waals surface area contributed by atoms with Gasteiger partial charge in [-0.3, -0.25) is 10.1 Å². The lowest BCUT2D eigenvalue weighted by Crippen LogP contribution is -2.32. The number of nitro groups is 1. The molecule has 1 aromatic rings. The van der Waals surface area contributed by atoms with Gasteiger partial charge in [0.15, 0.2) is 0 Å². The van der Waals surface area contributed by atoms with Crippen molar-refractivity contribution < 1.29 is 10.0 Å². The number of aliphatic hydroxyl groups is 1. The van der Waals surface area contributed by atoms with Gasteiger partial charge in [0.1, 0.15) is 5.69 Å². The van der Waals surface area contributed by atoms with Crippen LogP contribution in [-0.2, 0) is 0 Å². The summed E-state index contributed by atoms with van der Waals surface area (Å²) in [6.45, 7) is 3.84. The first-order chi connectivity index (χ1) is 7.46. The molecule has 1 atom stereocenters. The third kappa shape index (κ3) is 3.20. The van der Waals surface area contributed by atoms with E-state index in [0.29, 0.717) is 12.1 Å². The molecule has 5 heteroatoms. The molecule has 0 aliphatic carbocycles. The number of nitrogens with one attached hydrogen (secondary N) is 1. The van der Waals surface area contributed by atoms with Crippen LogP contribution in [0.5, 0.6) is 0 Å². The van der Waals surface area contributed by atoms with Gasteiger partial charge in [0, 0.05) is 12.6 Å². The summed E-state index contributed by atoms with van der Waals surface area (Å²) >= 11 is 0. The van der Waals surface area contributed by atoms with Crippen molar-refractivity contribution in [3.05, 3.63) is 34.4 Å². The molecular formula is C11H16N2O3. The number of para-hydroxylation sites is 2. The molecule has 0 saturated carbocycles. The van der Waals surface area contributed by atoms with E-state index in [2.05, 4.69) is 5.32 Å². The molecule has 16 heavy (non-hydrogen) atoms. The average molecular weight is 224 g/mol. The highest BCUT2D eigenvalue weighted by Gasteiger charge is 2.19. The van der Waals surface area contributed by atoms with Gasteiger partial charge in [-0.2, -0.15) is 0 Å². The molecule has 5 nitrogen and oxygen atoms in total. The SMILES string of the molecule is CCC(C)(O)CNc1ccccc1[N+](=O)[O-].